The zero-order chi connectivity index (χ0) is 15.2. The van der Waals surface area contributed by atoms with Crippen LogP contribution in [0.4, 0.5) is 13.2 Å². The number of carbonyl (C=O) groups is 1. The van der Waals surface area contributed by atoms with Gasteiger partial charge in [0, 0.05) is 19.3 Å². The van der Waals surface area contributed by atoms with E-state index in [2.05, 4.69) is 5.32 Å². The molecule has 0 fully saturated rings. The fourth-order valence-corrected chi connectivity index (χ4v) is 1.66. The van der Waals surface area contributed by atoms with Crippen molar-refractivity contribution in [2.75, 3.05) is 20.3 Å². The molecular formula is C13H16F3NO3. The molecule has 1 rings (SSSR count). The number of rotatable bonds is 6. The average Bonchev–Trinajstić information content (AvgIpc) is 2.38. The Balaban J connectivity index is 2.81. The van der Waals surface area contributed by atoms with Crippen LogP contribution in [0.15, 0.2) is 24.3 Å². The first-order valence-corrected chi connectivity index (χ1v) is 5.96. The Bertz CT molecular complexity index is 443. The molecule has 4 nitrogen and oxygen atoms in total. The number of amides is 1. The third-order valence-electron chi connectivity index (χ3n) is 2.63. The topological polar surface area (TPSA) is 58.6 Å². The van der Waals surface area contributed by atoms with E-state index in [0.717, 1.165) is 12.1 Å². The van der Waals surface area contributed by atoms with Crippen molar-refractivity contribution in [2.45, 2.75) is 18.6 Å². The predicted octanol–water partition coefficient (Wildman–Crippen LogP) is 1.83. The monoisotopic (exact) mass is 291 g/mol. The largest absolute Gasteiger partial charge is 0.416 e. The van der Waals surface area contributed by atoms with E-state index in [1.165, 1.54) is 19.2 Å². The molecule has 1 amide bonds. The lowest BCUT2D eigenvalue weighted by atomic mass is 10.1. The van der Waals surface area contributed by atoms with Crippen LogP contribution in [0.1, 0.15) is 22.3 Å². The van der Waals surface area contributed by atoms with E-state index in [1.54, 1.807) is 0 Å². The number of alkyl halides is 3. The van der Waals surface area contributed by atoms with Gasteiger partial charge in [0.25, 0.3) is 5.91 Å². The highest BCUT2D eigenvalue weighted by Crippen LogP contribution is 2.29. The van der Waals surface area contributed by atoms with Gasteiger partial charge in [-0.25, -0.2) is 0 Å². The highest BCUT2D eigenvalue weighted by Gasteiger charge is 2.31. The maximum Gasteiger partial charge on any atom is 0.416 e. The van der Waals surface area contributed by atoms with Crippen LogP contribution in [0, 0.1) is 0 Å². The summed E-state index contributed by atoms with van der Waals surface area (Å²) in [6.45, 7) is 0.0160. The van der Waals surface area contributed by atoms with E-state index in [9.17, 15) is 18.0 Å². The molecule has 1 atom stereocenters. The second-order valence-corrected chi connectivity index (χ2v) is 4.22. The third kappa shape index (κ3) is 4.82. The quantitative estimate of drug-likeness (QED) is 0.840. The number of methoxy groups -OCH3 is 1. The van der Waals surface area contributed by atoms with Gasteiger partial charge in [-0.05, 0) is 24.6 Å². The van der Waals surface area contributed by atoms with Gasteiger partial charge in [-0.3, -0.25) is 4.79 Å². The Kier molecular flexibility index (Phi) is 5.97. The van der Waals surface area contributed by atoms with Crippen LogP contribution in [0.2, 0.25) is 0 Å². The molecule has 0 spiro atoms. The van der Waals surface area contributed by atoms with Gasteiger partial charge in [0.15, 0.2) is 0 Å². The molecule has 0 aliphatic rings. The average molecular weight is 291 g/mol. The van der Waals surface area contributed by atoms with E-state index in [4.69, 9.17) is 9.84 Å². The van der Waals surface area contributed by atoms with E-state index < -0.39 is 23.7 Å². The summed E-state index contributed by atoms with van der Waals surface area (Å²) in [5.74, 6) is -0.633. The molecule has 0 aliphatic heterocycles. The van der Waals surface area contributed by atoms with Crippen molar-refractivity contribution in [1.82, 2.24) is 5.32 Å². The second-order valence-electron chi connectivity index (χ2n) is 4.22. The Hall–Kier alpha value is -1.60. The predicted molar refractivity (Wildman–Crippen MR) is 66.3 cm³/mol. The first-order valence-electron chi connectivity index (χ1n) is 5.96. The zero-order valence-corrected chi connectivity index (χ0v) is 10.9. The van der Waals surface area contributed by atoms with Gasteiger partial charge >= 0.3 is 6.18 Å². The number of halogens is 3. The SMILES string of the molecule is COCC(CCO)NC(=O)c1cccc(C(F)(F)F)c1. The fraction of sp³-hybridized carbons (Fsp3) is 0.462. The lowest BCUT2D eigenvalue weighted by molar-refractivity contribution is -0.137. The van der Waals surface area contributed by atoms with Crippen LogP contribution < -0.4 is 5.32 Å². The summed E-state index contributed by atoms with van der Waals surface area (Å²) >= 11 is 0. The molecule has 1 unspecified atom stereocenters. The molecule has 2 N–H and O–H groups in total. The third-order valence-corrected chi connectivity index (χ3v) is 2.63. The molecule has 1 aromatic rings. The summed E-state index contributed by atoms with van der Waals surface area (Å²) in [6, 6.07) is 3.71. The van der Waals surface area contributed by atoms with E-state index in [0.29, 0.717) is 0 Å². The highest BCUT2D eigenvalue weighted by molar-refractivity contribution is 5.94. The molecule has 0 radical (unpaired) electrons. The van der Waals surface area contributed by atoms with Gasteiger partial charge in [0.2, 0.25) is 0 Å². The summed E-state index contributed by atoms with van der Waals surface area (Å²) in [5, 5.41) is 11.4. The summed E-state index contributed by atoms with van der Waals surface area (Å²) in [7, 11) is 1.43. The van der Waals surface area contributed by atoms with Gasteiger partial charge < -0.3 is 15.2 Å². The number of benzene rings is 1. The number of aliphatic hydroxyl groups excluding tert-OH is 1. The number of carbonyl (C=O) groups excluding carboxylic acids is 1. The summed E-state index contributed by atoms with van der Waals surface area (Å²) < 4.78 is 42.5. The van der Waals surface area contributed by atoms with Crippen LogP contribution in [0.5, 0.6) is 0 Å². The van der Waals surface area contributed by atoms with E-state index >= 15 is 0 Å². The minimum absolute atomic E-state index is 0.0844. The molecule has 0 aliphatic carbocycles. The Labute approximate surface area is 114 Å². The first-order chi connectivity index (χ1) is 9.38. The summed E-state index contributed by atoms with van der Waals surface area (Å²) in [6.07, 6.45) is -4.23. The van der Waals surface area contributed by atoms with Crippen molar-refractivity contribution < 1.29 is 27.8 Å². The molecule has 20 heavy (non-hydrogen) atoms. The molecule has 1 aromatic carbocycles. The maximum absolute atomic E-state index is 12.6. The van der Waals surface area contributed by atoms with Crippen LogP contribution >= 0.6 is 0 Å². The van der Waals surface area contributed by atoms with Crippen molar-refractivity contribution in [3.05, 3.63) is 35.4 Å². The standard InChI is InChI=1S/C13H16F3NO3/c1-20-8-11(5-6-18)17-12(19)9-3-2-4-10(7-9)13(14,15)16/h2-4,7,11,18H,5-6,8H2,1H3,(H,17,19). The molecule has 7 heteroatoms. The van der Waals surface area contributed by atoms with Gasteiger partial charge in [-0.15, -0.1) is 0 Å². The van der Waals surface area contributed by atoms with Gasteiger partial charge in [0.1, 0.15) is 0 Å². The number of aliphatic hydroxyl groups is 1. The number of hydrogen-bond acceptors (Lipinski definition) is 3. The fourth-order valence-electron chi connectivity index (χ4n) is 1.66. The van der Waals surface area contributed by atoms with Crippen molar-refractivity contribution >= 4 is 5.91 Å². The Morgan fingerprint density at radius 3 is 2.70 bits per heavy atom. The second kappa shape index (κ2) is 7.25. The Morgan fingerprint density at radius 2 is 2.15 bits per heavy atom. The number of nitrogens with one attached hydrogen (secondary N) is 1. The van der Waals surface area contributed by atoms with Crippen molar-refractivity contribution in [1.29, 1.82) is 0 Å². The molecule has 0 saturated carbocycles. The van der Waals surface area contributed by atoms with Crippen molar-refractivity contribution in [2.24, 2.45) is 0 Å². The van der Waals surface area contributed by atoms with Crippen molar-refractivity contribution in [3.63, 3.8) is 0 Å². The molecule has 0 bridgehead atoms. The van der Waals surface area contributed by atoms with Gasteiger partial charge in [0.05, 0.1) is 18.2 Å². The normalized spacial score (nSPS) is 13.1. The van der Waals surface area contributed by atoms with E-state index in [-0.39, 0.29) is 25.2 Å². The lowest BCUT2D eigenvalue weighted by Crippen LogP contribution is -2.38. The minimum atomic E-state index is -4.49. The summed E-state index contributed by atoms with van der Waals surface area (Å²) in [4.78, 5) is 11.9. The number of hydrogen-bond donors (Lipinski definition) is 2. The maximum atomic E-state index is 12.6. The van der Waals surface area contributed by atoms with Crippen LogP contribution in [-0.2, 0) is 10.9 Å². The van der Waals surface area contributed by atoms with Crippen LogP contribution in [0.3, 0.4) is 0 Å². The molecule has 112 valence electrons. The Morgan fingerprint density at radius 1 is 1.45 bits per heavy atom. The van der Waals surface area contributed by atoms with Gasteiger partial charge in [-0.1, -0.05) is 6.07 Å². The minimum Gasteiger partial charge on any atom is -0.396 e. The van der Waals surface area contributed by atoms with Crippen LogP contribution in [0.25, 0.3) is 0 Å². The molecule has 0 saturated heterocycles. The number of ether oxygens (including phenoxy) is 1. The zero-order valence-electron chi connectivity index (χ0n) is 10.9. The summed E-state index contributed by atoms with van der Waals surface area (Å²) in [5.41, 5.74) is -0.963. The molecule has 0 aromatic heterocycles. The highest BCUT2D eigenvalue weighted by atomic mass is 19.4. The van der Waals surface area contributed by atoms with Gasteiger partial charge in [-0.2, -0.15) is 13.2 Å². The smallest absolute Gasteiger partial charge is 0.396 e. The van der Waals surface area contributed by atoms with Crippen molar-refractivity contribution in [3.8, 4) is 0 Å². The first kappa shape index (κ1) is 16.5. The molecule has 0 heterocycles. The lowest BCUT2D eigenvalue weighted by Gasteiger charge is -2.17. The van der Waals surface area contributed by atoms with Crippen LogP contribution in [-0.4, -0.2) is 37.4 Å². The molecular weight excluding hydrogens is 275 g/mol. The van der Waals surface area contributed by atoms with E-state index in [1.807, 2.05) is 0 Å².